The largest absolute Gasteiger partial charge is 0.341 e. The second-order valence-electron chi connectivity index (χ2n) is 7.60. The van der Waals surface area contributed by atoms with Crippen LogP contribution in [0, 0.1) is 0 Å². The van der Waals surface area contributed by atoms with Crippen LogP contribution in [0.1, 0.15) is 24.4 Å². The molecular weight excluding hydrogens is 386 g/mol. The maximum Gasteiger partial charge on any atom is 0.244 e. The summed E-state index contributed by atoms with van der Waals surface area (Å²) in [4.78, 5) is 17.7. The minimum atomic E-state index is -3.50. The molecule has 0 unspecified atom stereocenters. The van der Waals surface area contributed by atoms with Crippen LogP contribution in [0.25, 0.3) is 0 Å². The number of likely N-dealkylation sites (tertiary alicyclic amines) is 1. The molecule has 2 aliphatic rings. The third-order valence-corrected chi connectivity index (χ3v) is 7.70. The molecule has 2 aliphatic heterocycles. The molecule has 0 radical (unpaired) electrons. The summed E-state index contributed by atoms with van der Waals surface area (Å²) in [7, 11) is -3.50. The van der Waals surface area contributed by atoms with Gasteiger partial charge in [-0.1, -0.05) is 48.5 Å². The van der Waals surface area contributed by atoms with Crippen LogP contribution in [-0.4, -0.2) is 67.7 Å². The summed E-state index contributed by atoms with van der Waals surface area (Å²) in [5, 5.41) is 0. The van der Waals surface area contributed by atoms with Crippen molar-refractivity contribution in [3.8, 4) is 0 Å². The standard InChI is InChI=1S/C22H27N3O3S/c26-22(24-13-7-8-14-24)21(19-9-3-1-4-10-19)23-15-17-25(18-16-23)29(27,28)20-11-5-2-6-12-20/h1-6,9-12,21H,7-8,13-18H2/t21-/m1/s1. The fraction of sp³-hybridized carbons (Fsp3) is 0.409. The molecule has 4 rings (SSSR count). The van der Waals surface area contributed by atoms with Crippen molar-refractivity contribution in [1.82, 2.24) is 14.1 Å². The highest BCUT2D eigenvalue weighted by Crippen LogP contribution is 2.27. The highest BCUT2D eigenvalue weighted by atomic mass is 32.2. The first-order valence-corrected chi connectivity index (χ1v) is 11.6. The number of benzene rings is 2. The quantitative estimate of drug-likeness (QED) is 0.755. The average Bonchev–Trinajstić information content (AvgIpc) is 3.31. The van der Waals surface area contributed by atoms with Gasteiger partial charge in [-0.25, -0.2) is 8.42 Å². The summed E-state index contributed by atoms with van der Waals surface area (Å²) in [5.41, 5.74) is 0.976. The van der Waals surface area contributed by atoms with Crippen molar-refractivity contribution in [2.75, 3.05) is 39.3 Å². The molecule has 154 valence electrons. The molecule has 6 nitrogen and oxygen atoms in total. The van der Waals surface area contributed by atoms with Crippen LogP contribution in [0.15, 0.2) is 65.6 Å². The lowest BCUT2D eigenvalue weighted by atomic mass is 10.0. The van der Waals surface area contributed by atoms with Crippen molar-refractivity contribution in [2.24, 2.45) is 0 Å². The van der Waals surface area contributed by atoms with Gasteiger partial charge in [-0.15, -0.1) is 0 Å². The smallest absolute Gasteiger partial charge is 0.244 e. The van der Waals surface area contributed by atoms with E-state index < -0.39 is 10.0 Å². The fourth-order valence-corrected chi connectivity index (χ4v) is 5.64. The zero-order chi connectivity index (χ0) is 20.3. The number of sulfonamides is 1. The van der Waals surface area contributed by atoms with Crippen molar-refractivity contribution in [3.63, 3.8) is 0 Å². The van der Waals surface area contributed by atoms with Crippen molar-refractivity contribution < 1.29 is 13.2 Å². The fourth-order valence-electron chi connectivity index (χ4n) is 4.20. The maximum absolute atomic E-state index is 13.3. The molecule has 1 amide bonds. The number of carbonyl (C=O) groups is 1. The number of nitrogens with zero attached hydrogens (tertiary/aromatic N) is 3. The zero-order valence-corrected chi connectivity index (χ0v) is 17.3. The summed E-state index contributed by atoms with van der Waals surface area (Å²) < 4.78 is 27.3. The van der Waals surface area contributed by atoms with Gasteiger partial charge in [0.15, 0.2) is 0 Å². The molecule has 0 N–H and O–H groups in total. The summed E-state index contributed by atoms with van der Waals surface area (Å²) in [5.74, 6) is 0.132. The number of rotatable bonds is 5. The Kier molecular flexibility index (Phi) is 5.99. The van der Waals surface area contributed by atoms with E-state index in [1.165, 1.54) is 4.31 Å². The van der Waals surface area contributed by atoms with Crippen LogP contribution in [0.3, 0.4) is 0 Å². The number of hydrogen-bond acceptors (Lipinski definition) is 4. The van der Waals surface area contributed by atoms with Crippen molar-refractivity contribution in [2.45, 2.75) is 23.8 Å². The molecule has 1 atom stereocenters. The van der Waals surface area contributed by atoms with Gasteiger partial charge in [0.25, 0.3) is 0 Å². The lowest BCUT2D eigenvalue weighted by molar-refractivity contribution is -0.136. The van der Waals surface area contributed by atoms with E-state index in [1.807, 2.05) is 41.3 Å². The van der Waals surface area contributed by atoms with Crippen molar-refractivity contribution in [3.05, 3.63) is 66.2 Å². The molecule has 2 saturated heterocycles. The van der Waals surface area contributed by atoms with Crippen LogP contribution in [0.2, 0.25) is 0 Å². The summed E-state index contributed by atoms with van der Waals surface area (Å²) in [6, 6.07) is 18.0. The maximum atomic E-state index is 13.3. The first-order chi connectivity index (χ1) is 14.1. The molecule has 7 heteroatoms. The predicted molar refractivity (Wildman–Crippen MR) is 112 cm³/mol. The second kappa shape index (κ2) is 8.65. The average molecular weight is 414 g/mol. The van der Waals surface area contributed by atoms with Gasteiger partial charge in [-0.3, -0.25) is 9.69 Å². The Morgan fingerprint density at radius 1 is 0.759 bits per heavy atom. The molecular formula is C22H27N3O3S. The van der Waals surface area contributed by atoms with Gasteiger partial charge in [-0.2, -0.15) is 4.31 Å². The predicted octanol–water partition coefficient (Wildman–Crippen LogP) is 2.36. The lowest BCUT2D eigenvalue weighted by Gasteiger charge is -2.39. The Hall–Kier alpha value is -2.22. The Bertz CT molecular complexity index is 920. The summed E-state index contributed by atoms with van der Waals surface area (Å²) in [6.45, 7) is 3.45. The van der Waals surface area contributed by atoms with E-state index in [9.17, 15) is 13.2 Å². The molecule has 0 aliphatic carbocycles. The summed E-state index contributed by atoms with van der Waals surface area (Å²) in [6.07, 6.45) is 2.10. The highest BCUT2D eigenvalue weighted by Gasteiger charge is 2.36. The topological polar surface area (TPSA) is 60.9 Å². The van der Waals surface area contributed by atoms with Gasteiger partial charge in [0.2, 0.25) is 15.9 Å². The Morgan fingerprint density at radius 2 is 1.31 bits per heavy atom. The number of carbonyl (C=O) groups excluding carboxylic acids is 1. The van der Waals surface area contributed by atoms with E-state index in [2.05, 4.69) is 4.90 Å². The molecule has 2 aromatic rings. The summed E-state index contributed by atoms with van der Waals surface area (Å²) >= 11 is 0. The molecule has 2 heterocycles. The van der Waals surface area contributed by atoms with Gasteiger partial charge in [0.05, 0.1) is 4.90 Å². The lowest BCUT2D eigenvalue weighted by Crippen LogP contribution is -2.52. The molecule has 0 spiro atoms. The third-order valence-electron chi connectivity index (χ3n) is 5.79. The first kappa shape index (κ1) is 20.1. The van der Waals surface area contributed by atoms with Crippen LogP contribution < -0.4 is 0 Å². The minimum absolute atomic E-state index is 0.132. The van der Waals surface area contributed by atoms with Gasteiger partial charge in [0, 0.05) is 39.3 Å². The molecule has 2 fully saturated rings. The van der Waals surface area contributed by atoms with Crippen molar-refractivity contribution >= 4 is 15.9 Å². The molecule has 0 aromatic heterocycles. The molecule has 0 saturated carbocycles. The van der Waals surface area contributed by atoms with Gasteiger partial charge >= 0.3 is 0 Å². The van der Waals surface area contributed by atoms with E-state index >= 15 is 0 Å². The Balaban J connectivity index is 1.52. The number of amides is 1. The van der Waals surface area contributed by atoms with E-state index in [1.54, 1.807) is 24.3 Å². The Morgan fingerprint density at radius 3 is 1.90 bits per heavy atom. The highest BCUT2D eigenvalue weighted by molar-refractivity contribution is 7.89. The van der Waals surface area contributed by atoms with Crippen molar-refractivity contribution in [1.29, 1.82) is 0 Å². The molecule has 29 heavy (non-hydrogen) atoms. The van der Waals surface area contributed by atoms with Crippen LogP contribution in [0.5, 0.6) is 0 Å². The van der Waals surface area contributed by atoms with Gasteiger partial charge in [0.1, 0.15) is 6.04 Å². The zero-order valence-electron chi connectivity index (χ0n) is 16.5. The second-order valence-corrected chi connectivity index (χ2v) is 9.54. The van der Waals surface area contributed by atoms with Crippen LogP contribution in [0.4, 0.5) is 0 Å². The monoisotopic (exact) mass is 413 g/mol. The SMILES string of the molecule is O=C([C@@H](c1ccccc1)N1CCN(S(=O)(=O)c2ccccc2)CC1)N1CCCC1. The molecule has 2 aromatic carbocycles. The minimum Gasteiger partial charge on any atom is -0.341 e. The van der Waals surface area contributed by atoms with Gasteiger partial charge < -0.3 is 4.90 Å². The number of piperazine rings is 1. The van der Waals surface area contributed by atoms with E-state index in [-0.39, 0.29) is 11.9 Å². The first-order valence-electron chi connectivity index (χ1n) is 10.2. The van der Waals surface area contributed by atoms with Crippen LogP contribution in [-0.2, 0) is 14.8 Å². The van der Waals surface area contributed by atoms with Crippen LogP contribution >= 0.6 is 0 Å². The number of hydrogen-bond donors (Lipinski definition) is 0. The normalized spacial score (nSPS) is 19.9. The third kappa shape index (κ3) is 4.22. The van der Waals surface area contributed by atoms with E-state index in [0.717, 1.165) is 31.5 Å². The Labute approximate surface area is 172 Å². The molecule has 0 bridgehead atoms. The van der Waals surface area contributed by atoms with Gasteiger partial charge in [-0.05, 0) is 30.5 Å². The van der Waals surface area contributed by atoms with E-state index in [0.29, 0.717) is 31.1 Å². The van der Waals surface area contributed by atoms with E-state index in [4.69, 9.17) is 0 Å².